The predicted octanol–water partition coefficient (Wildman–Crippen LogP) is 3.75. The lowest BCUT2D eigenvalue weighted by Crippen LogP contribution is -1.99. The molecule has 0 aliphatic rings. The second-order valence-electron chi connectivity index (χ2n) is 3.59. The van der Waals surface area contributed by atoms with Gasteiger partial charge in [-0.1, -0.05) is 38.3 Å². The molecular weight excluding hydrogens is 194 g/mol. The third kappa shape index (κ3) is 2.48. The average Bonchev–Trinajstić information content (AvgIpc) is 2.17. The summed E-state index contributed by atoms with van der Waals surface area (Å²) in [6.45, 7) is 6.33. The first kappa shape index (κ1) is 11.5. The SMILES string of the molecule is CCCc1n[c]c(C)c(CCC)c1Cl. The Labute approximate surface area is 91.5 Å². The normalized spacial score (nSPS) is 10.6. The summed E-state index contributed by atoms with van der Waals surface area (Å²) in [6.07, 6.45) is 7.22. The summed E-state index contributed by atoms with van der Waals surface area (Å²) in [5.74, 6) is 0. The van der Waals surface area contributed by atoms with Gasteiger partial charge in [-0.2, -0.15) is 0 Å². The Balaban J connectivity index is 3.05. The molecule has 0 amide bonds. The Bertz CT molecular complexity index is 307. The lowest BCUT2D eigenvalue weighted by molar-refractivity contribution is 0.854. The van der Waals surface area contributed by atoms with Crippen LogP contribution in [0.4, 0.5) is 0 Å². The molecule has 0 aromatic carbocycles. The van der Waals surface area contributed by atoms with E-state index >= 15 is 0 Å². The molecule has 2 heteroatoms. The van der Waals surface area contributed by atoms with Crippen LogP contribution in [-0.2, 0) is 12.8 Å². The highest BCUT2D eigenvalue weighted by Crippen LogP contribution is 2.24. The van der Waals surface area contributed by atoms with Crippen molar-refractivity contribution in [1.29, 1.82) is 0 Å². The Morgan fingerprint density at radius 2 is 1.86 bits per heavy atom. The molecule has 0 unspecified atom stereocenters. The van der Waals surface area contributed by atoms with Crippen molar-refractivity contribution in [3.8, 4) is 0 Å². The van der Waals surface area contributed by atoms with Crippen LogP contribution in [0, 0.1) is 13.1 Å². The summed E-state index contributed by atoms with van der Waals surface area (Å²) in [5.41, 5.74) is 3.33. The number of aryl methyl sites for hydroxylation is 2. The van der Waals surface area contributed by atoms with Gasteiger partial charge < -0.3 is 0 Å². The fourth-order valence-electron chi connectivity index (χ4n) is 1.56. The molecule has 1 rings (SSSR count). The van der Waals surface area contributed by atoms with Gasteiger partial charge in [0.1, 0.15) is 0 Å². The molecule has 0 atom stereocenters. The van der Waals surface area contributed by atoms with Crippen LogP contribution in [0.2, 0.25) is 5.02 Å². The van der Waals surface area contributed by atoms with Crippen LogP contribution >= 0.6 is 11.6 Å². The molecule has 0 N–H and O–H groups in total. The second kappa shape index (κ2) is 5.35. The molecule has 0 aliphatic carbocycles. The van der Waals surface area contributed by atoms with Crippen LogP contribution in [-0.4, -0.2) is 4.98 Å². The highest BCUT2D eigenvalue weighted by Gasteiger charge is 2.09. The van der Waals surface area contributed by atoms with Crippen LogP contribution in [0.15, 0.2) is 0 Å². The van der Waals surface area contributed by atoms with E-state index in [1.807, 2.05) is 6.92 Å². The van der Waals surface area contributed by atoms with Crippen LogP contribution in [0.25, 0.3) is 0 Å². The van der Waals surface area contributed by atoms with E-state index in [4.69, 9.17) is 11.6 Å². The number of hydrogen-bond acceptors (Lipinski definition) is 1. The van der Waals surface area contributed by atoms with Crippen LogP contribution in [0.3, 0.4) is 0 Å². The molecule has 1 radical (unpaired) electrons. The molecule has 0 aliphatic heterocycles. The number of hydrogen-bond donors (Lipinski definition) is 0. The molecule has 14 heavy (non-hydrogen) atoms. The maximum atomic E-state index is 6.29. The largest absolute Gasteiger partial charge is 0.249 e. The van der Waals surface area contributed by atoms with Gasteiger partial charge in [0, 0.05) is 0 Å². The van der Waals surface area contributed by atoms with Crippen LogP contribution < -0.4 is 0 Å². The van der Waals surface area contributed by atoms with Crippen molar-refractivity contribution in [2.75, 3.05) is 0 Å². The van der Waals surface area contributed by atoms with Gasteiger partial charge in [0.2, 0.25) is 0 Å². The van der Waals surface area contributed by atoms with E-state index in [0.29, 0.717) is 0 Å². The Morgan fingerprint density at radius 3 is 2.43 bits per heavy atom. The third-order valence-electron chi connectivity index (χ3n) is 2.32. The highest BCUT2D eigenvalue weighted by atomic mass is 35.5. The van der Waals surface area contributed by atoms with E-state index in [9.17, 15) is 0 Å². The standard InChI is InChI=1S/C12H17ClN/c1-4-6-10-9(3)8-14-11(7-5-2)12(10)13/h4-7H2,1-3H3. The molecule has 77 valence electrons. The van der Waals surface area contributed by atoms with Crippen molar-refractivity contribution >= 4 is 11.6 Å². The molecule has 1 nitrogen and oxygen atoms in total. The lowest BCUT2D eigenvalue weighted by atomic mass is 10.0. The maximum Gasteiger partial charge on any atom is 0.0925 e. The zero-order chi connectivity index (χ0) is 10.6. The zero-order valence-corrected chi connectivity index (χ0v) is 9.91. The number of rotatable bonds is 4. The van der Waals surface area contributed by atoms with Crippen LogP contribution in [0.5, 0.6) is 0 Å². The van der Waals surface area contributed by atoms with Gasteiger partial charge in [0.25, 0.3) is 0 Å². The van der Waals surface area contributed by atoms with Crippen molar-refractivity contribution in [1.82, 2.24) is 4.98 Å². The fourth-order valence-corrected chi connectivity index (χ4v) is 1.93. The van der Waals surface area contributed by atoms with E-state index < -0.39 is 0 Å². The molecule has 0 spiro atoms. The molecule has 1 aromatic rings. The second-order valence-corrected chi connectivity index (χ2v) is 3.97. The monoisotopic (exact) mass is 210 g/mol. The van der Waals surface area contributed by atoms with Crippen molar-refractivity contribution in [2.24, 2.45) is 0 Å². The smallest absolute Gasteiger partial charge is 0.0925 e. The van der Waals surface area contributed by atoms with Gasteiger partial charge >= 0.3 is 0 Å². The predicted molar refractivity (Wildman–Crippen MR) is 60.8 cm³/mol. The molecular formula is C12H17ClN. The summed E-state index contributed by atoms with van der Waals surface area (Å²) in [7, 11) is 0. The molecule has 0 fully saturated rings. The zero-order valence-electron chi connectivity index (χ0n) is 9.15. The summed E-state index contributed by atoms with van der Waals surface area (Å²) in [6, 6.07) is 0. The summed E-state index contributed by atoms with van der Waals surface area (Å²) >= 11 is 6.29. The van der Waals surface area contributed by atoms with Crippen LogP contribution in [0.1, 0.15) is 43.5 Å². The number of aromatic nitrogens is 1. The van der Waals surface area contributed by atoms with Gasteiger partial charge in [-0.25, -0.2) is 4.98 Å². The highest BCUT2D eigenvalue weighted by molar-refractivity contribution is 6.32. The first-order chi connectivity index (χ1) is 6.70. The molecule has 0 saturated carbocycles. The molecule has 1 heterocycles. The van der Waals surface area contributed by atoms with Crippen molar-refractivity contribution in [2.45, 2.75) is 46.5 Å². The third-order valence-corrected chi connectivity index (χ3v) is 2.76. The average molecular weight is 211 g/mol. The number of pyridine rings is 1. The van der Waals surface area contributed by atoms with Crippen molar-refractivity contribution in [3.05, 3.63) is 28.0 Å². The van der Waals surface area contributed by atoms with E-state index in [0.717, 1.165) is 42.0 Å². The Hall–Kier alpha value is -0.560. The summed E-state index contributed by atoms with van der Waals surface area (Å²) in [4.78, 5) is 4.25. The van der Waals surface area contributed by atoms with Gasteiger partial charge in [-0.15, -0.1) is 0 Å². The van der Waals surface area contributed by atoms with Gasteiger partial charge in [-0.05, 0) is 30.9 Å². The summed E-state index contributed by atoms with van der Waals surface area (Å²) < 4.78 is 0. The van der Waals surface area contributed by atoms with Gasteiger partial charge in [0.05, 0.1) is 16.9 Å². The van der Waals surface area contributed by atoms with E-state index in [2.05, 4.69) is 25.0 Å². The molecule has 1 aromatic heterocycles. The minimum absolute atomic E-state index is 0.866. The van der Waals surface area contributed by atoms with Gasteiger partial charge in [0.15, 0.2) is 0 Å². The minimum Gasteiger partial charge on any atom is -0.249 e. The Morgan fingerprint density at radius 1 is 1.21 bits per heavy atom. The lowest BCUT2D eigenvalue weighted by Gasteiger charge is -2.09. The van der Waals surface area contributed by atoms with Crippen molar-refractivity contribution < 1.29 is 0 Å². The minimum atomic E-state index is 0.866. The first-order valence-electron chi connectivity index (χ1n) is 5.26. The fraction of sp³-hybridized carbons (Fsp3) is 0.583. The number of halogens is 1. The Kier molecular flexibility index (Phi) is 4.40. The van der Waals surface area contributed by atoms with E-state index in [-0.39, 0.29) is 0 Å². The quantitative estimate of drug-likeness (QED) is 0.738. The first-order valence-corrected chi connectivity index (χ1v) is 5.64. The van der Waals surface area contributed by atoms with E-state index in [1.165, 1.54) is 5.56 Å². The molecule has 0 saturated heterocycles. The molecule has 0 bridgehead atoms. The number of nitrogens with zero attached hydrogens (tertiary/aromatic N) is 1. The maximum absolute atomic E-state index is 6.29. The summed E-state index contributed by atoms with van der Waals surface area (Å²) in [5, 5.41) is 0.866. The topological polar surface area (TPSA) is 12.9 Å². The van der Waals surface area contributed by atoms with Crippen molar-refractivity contribution in [3.63, 3.8) is 0 Å². The van der Waals surface area contributed by atoms with E-state index in [1.54, 1.807) is 0 Å². The van der Waals surface area contributed by atoms with Gasteiger partial charge in [-0.3, -0.25) is 0 Å².